The lowest BCUT2D eigenvalue weighted by Gasteiger charge is -2.04. The van der Waals surface area contributed by atoms with Crippen LogP contribution in [-0.2, 0) is 4.79 Å². The van der Waals surface area contributed by atoms with E-state index >= 15 is 0 Å². The number of nitrogens with one attached hydrogen (secondary N) is 1. The second kappa shape index (κ2) is 6.20. The predicted octanol–water partition coefficient (Wildman–Crippen LogP) is 4.20. The normalized spacial score (nSPS) is 18.0. The number of benzene rings is 2. The van der Waals surface area contributed by atoms with E-state index in [4.69, 9.17) is 0 Å². The van der Waals surface area contributed by atoms with E-state index < -0.39 is 0 Å². The summed E-state index contributed by atoms with van der Waals surface area (Å²) in [6, 6.07) is 15.9. The van der Waals surface area contributed by atoms with Crippen molar-refractivity contribution in [2.75, 3.05) is 0 Å². The van der Waals surface area contributed by atoms with Gasteiger partial charge < -0.3 is 5.32 Å². The summed E-state index contributed by atoms with van der Waals surface area (Å²) >= 11 is 1.38. The number of para-hydroxylation sites is 1. The van der Waals surface area contributed by atoms with Crippen LogP contribution in [0.15, 0.2) is 58.4 Å². The maximum absolute atomic E-state index is 12.1. The SMILES string of the molecule is Cc1cccc(C)c1N=C1NC(=O)/C(=C/c2ccccc2)S1. The monoisotopic (exact) mass is 308 g/mol. The summed E-state index contributed by atoms with van der Waals surface area (Å²) < 4.78 is 0. The van der Waals surface area contributed by atoms with Gasteiger partial charge in [-0.2, -0.15) is 0 Å². The minimum atomic E-state index is -0.0983. The molecule has 0 spiro atoms. The number of thioether (sulfide) groups is 1. The molecule has 2 aromatic carbocycles. The van der Waals surface area contributed by atoms with Crippen molar-refractivity contribution in [3.63, 3.8) is 0 Å². The fraction of sp³-hybridized carbons (Fsp3) is 0.111. The van der Waals surface area contributed by atoms with Gasteiger partial charge in [0.15, 0.2) is 5.17 Å². The molecule has 1 fully saturated rings. The predicted molar refractivity (Wildman–Crippen MR) is 93.2 cm³/mol. The van der Waals surface area contributed by atoms with Crippen LogP contribution in [0.4, 0.5) is 5.69 Å². The van der Waals surface area contributed by atoms with Gasteiger partial charge in [0, 0.05) is 0 Å². The van der Waals surface area contributed by atoms with E-state index in [1.165, 1.54) is 11.8 Å². The highest BCUT2D eigenvalue weighted by molar-refractivity contribution is 8.18. The molecule has 0 aliphatic carbocycles. The van der Waals surface area contributed by atoms with Crippen LogP contribution in [0.5, 0.6) is 0 Å². The number of amides is 1. The van der Waals surface area contributed by atoms with Gasteiger partial charge in [0.25, 0.3) is 5.91 Å². The molecule has 1 aliphatic rings. The van der Waals surface area contributed by atoms with E-state index in [-0.39, 0.29) is 5.91 Å². The molecule has 3 nitrogen and oxygen atoms in total. The summed E-state index contributed by atoms with van der Waals surface area (Å²) in [7, 11) is 0. The summed E-state index contributed by atoms with van der Waals surface area (Å²) in [5, 5.41) is 3.46. The summed E-state index contributed by atoms with van der Waals surface area (Å²) in [6.45, 7) is 4.04. The first kappa shape index (κ1) is 14.6. The molecule has 1 aliphatic heterocycles. The summed E-state index contributed by atoms with van der Waals surface area (Å²) in [6.07, 6.45) is 1.88. The number of amidine groups is 1. The molecule has 2 aromatic rings. The van der Waals surface area contributed by atoms with E-state index in [9.17, 15) is 4.79 Å². The number of carbonyl (C=O) groups excluding carboxylic acids is 1. The van der Waals surface area contributed by atoms with Crippen molar-refractivity contribution >= 4 is 34.6 Å². The summed E-state index contributed by atoms with van der Waals surface area (Å²) in [5.41, 5.74) is 4.13. The fourth-order valence-corrected chi connectivity index (χ4v) is 3.09. The number of carbonyl (C=O) groups is 1. The number of hydrogen-bond donors (Lipinski definition) is 1. The third kappa shape index (κ3) is 3.12. The largest absolute Gasteiger partial charge is 0.300 e. The van der Waals surface area contributed by atoms with Crippen LogP contribution in [0.2, 0.25) is 0 Å². The molecule has 3 rings (SSSR count). The molecular formula is C18H16N2OS. The average Bonchev–Trinajstić information content (AvgIpc) is 2.84. The number of hydrogen-bond acceptors (Lipinski definition) is 3. The fourth-order valence-electron chi connectivity index (χ4n) is 2.26. The number of nitrogens with zero attached hydrogens (tertiary/aromatic N) is 1. The lowest BCUT2D eigenvalue weighted by atomic mass is 10.1. The van der Waals surface area contributed by atoms with Gasteiger partial charge in [0.2, 0.25) is 0 Å². The Kier molecular flexibility index (Phi) is 4.11. The summed E-state index contributed by atoms with van der Waals surface area (Å²) in [5.74, 6) is -0.0983. The highest BCUT2D eigenvalue weighted by Gasteiger charge is 2.24. The van der Waals surface area contributed by atoms with Crippen LogP contribution < -0.4 is 5.32 Å². The van der Waals surface area contributed by atoms with Gasteiger partial charge >= 0.3 is 0 Å². The topological polar surface area (TPSA) is 41.5 Å². The molecule has 0 atom stereocenters. The zero-order valence-corrected chi connectivity index (χ0v) is 13.3. The van der Waals surface area contributed by atoms with Gasteiger partial charge in [-0.3, -0.25) is 4.79 Å². The Labute approximate surface area is 134 Å². The molecule has 4 heteroatoms. The minimum Gasteiger partial charge on any atom is -0.300 e. The lowest BCUT2D eigenvalue weighted by Crippen LogP contribution is -2.19. The Morgan fingerprint density at radius 3 is 2.36 bits per heavy atom. The molecular weight excluding hydrogens is 292 g/mol. The van der Waals surface area contributed by atoms with Gasteiger partial charge in [0.1, 0.15) is 0 Å². The highest BCUT2D eigenvalue weighted by Crippen LogP contribution is 2.30. The van der Waals surface area contributed by atoms with E-state index in [1.54, 1.807) is 0 Å². The molecule has 1 saturated heterocycles. The molecule has 1 N–H and O–H groups in total. The van der Waals surface area contributed by atoms with Crippen molar-refractivity contribution in [3.8, 4) is 0 Å². The Morgan fingerprint density at radius 2 is 1.68 bits per heavy atom. The van der Waals surface area contributed by atoms with Gasteiger partial charge in [0.05, 0.1) is 10.6 Å². The van der Waals surface area contributed by atoms with Crippen LogP contribution in [0.1, 0.15) is 16.7 Å². The molecule has 0 saturated carbocycles. The van der Waals surface area contributed by atoms with Crippen LogP contribution in [-0.4, -0.2) is 11.1 Å². The van der Waals surface area contributed by atoms with Gasteiger partial charge in [-0.25, -0.2) is 4.99 Å². The van der Waals surface area contributed by atoms with E-state index in [0.29, 0.717) is 10.1 Å². The van der Waals surface area contributed by atoms with Gasteiger partial charge in [-0.1, -0.05) is 48.5 Å². The number of aryl methyl sites for hydroxylation is 2. The van der Waals surface area contributed by atoms with Crippen LogP contribution in [0.3, 0.4) is 0 Å². The van der Waals surface area contributed by atoms with Crippen molar-refractivity contribution in [1.29, 1.82) is 0 Å². The first-order valence-corrected chi connectivity index (χ1v) is 7.86. The first-order valence-electron chi connectivity index (χ1n) is 7.04. The maximum Gasteiger partial charge on any atom is 0.264 e. The van der Waals surface area contributed by atoms with Crippen molar-refractivity contribution in [1.82, 2.24) is 5.32 Å². The van der Waals surface area contributed by atoms with E-state index in [0.717, 1.165) is 22.4 Å². The smallest absolute Gasteiger partial charge is 0.264 e. The van der Waals surface area contributed by atoms with Crippen molar-refractivity contribution < 1.29 is 4.79 Å². The van der Waals surface area contributed by atoms with Crippen molar-refractivity contribution in [2.24, 2.45) is 4.99 Å². The number of rotatable bonds is 2. The molecule has 1 amide bonds. The highest BCUT2D eigenvalue weighted by atomic mass is 32.2. The third-order valence-corrected chi connectivity index (χ3v) is 4.31. The Morgan fingerprint density at radius 1 is 1.00 bits per heavy atom. The minimum absolute atomic E-state index is 0.0983. The lowest BCUT2D eigenvalue weighted by molar-refractivity contribution is -0.115. The quantitative estimate of drug-likeness (QED) is 0.845. The van der Waals surface area contributed by atoms with Crippen molar-refractivity contribution in [2.45, 2.75) is 13.8 Å². The molecule has 0 bridgehead atoms. The zero-order chi connectivity index (χ0) is 15.5. The van der Waals surface area contributed by atoms with Crippen LogP contribution in [0.25, 0.3) is 6.08 Å². The Balaban J connectivity index is 1.89. The Bertz CT molecular complexity index is 759. The summed E-state index contributed by atoms with van der Waals surface area (Å²) in [4.78, 5) is 17.3. The second-order valence-corrected chi connectivity index (χ2v) is 6.16. The van der Waals surface area contributed by atoms with Crippen LogP contribution in [0, 0.1) is 13.8 Å². The second-order valence-electron chi connectivity index (χ2n) is 5.13. The molecule has 22 heavy (non-hydrogen) atoms. The molecule has 110 valence electrons. The van der Waals surface area contributed by atoms with E-state index in [1.807, 2.05) is 68.5 Å². The number of aliphatic imine (C=N–C) groups is 1. The first-order chi connectivity index (χ1) is 10.6. The molecule has 0 unspecified atom stereocenters. The van der Waals surface area contributed by atoms with Crippen molar-refractivity contribution in [3.05, 3.63) is 70.1 Å². The van der Waals surface area contributed by atoms with Gasteiger partial charge in [-0.05, 0) is 48.4 Å². The molecule has 0 aromatic heterocycles. The maximum atomic E-state index is 12.1. The van der Waals surface area contributed by atoms with Crippen LogP contribution >= 0.6 is 11.8 Å². The third-order valence-electron chi connectivity index (χ3n) is 3.40. The Hall–Kier alpha value is -2.33. The standard InChI is InChI=1S/C18H16N2OS/c1-12-7-6-8-13(2)16(12)19-18-20-17(21)15(22-18)11-14-9-4-3-5-10-14/h3-11H,1-2H3,(H,19,20,21)/b15-11-. The average molecular weight is 308 g/mol. The van der Waals surface area contributed by atoms with Gasteiger partial charge in [-0.15, -0.1) is 0 Å². The zero-order valence-electron chi connectivity index (χ0n) is 12.5. The molecule has 0 radical (unpaired) electrons. The van der Waals surface area contributed by atoms with E-state index in [2.05, 4.69) is 10.3 Å². The molecule has 1 heterocycles.